The number of hydrogen-bond acceptors (Lipinski definition) is 4. The highest BCUT2D eigenvalue weighted by molar-refractivity contribution is 5.82. The van der Waals surface area contributed by atoms with Crippen molar-refractivity contribution in [2.75, 3.05) is 6.54 Å². The van der Waals surface area contributed by atoms with Gasteiger partial charge in [-0.2, -0.15) is 13.2 Å². The number of pyridine rings is 1. The van der Waals surface area contributed by atoms with Crippen LogP contribution in [-0.4, -0.2) is 37.9 Å². The molecule has 3 heterocycles. The van der Waals surface area contributed by atoms with Crippen molar-refractivity contribution in [3.8, 4) is 0 Å². The predicted octanol–water partition coefficient (Wildman–Crippen LogP) is 5.29. The van der Waals surface area contributed by atoms with Gasteiger partial charge in [0.2, 0.25) is 5.91 Å². The number of alkyl halides is 3. The first-order valence-electron chi connectivity index (χ1n) is 11.9. The maximum Gasteiger partial charge on any atom is 0.416 e. The molecule has 190 valence electrons. The number of aryl methyl sites for hydroxylation is 2. The topological polar surface area (TPSA) is 63.4 Å². The lowest BCUT2D eigenvalue weighted by atomic mass is 9.97. The van der Waals surface area contributed by atoms with E-state index in [1.807, 2.05) is 42.5 Å². The lowest BCUT2D eigenvalue weighted by Gasteiger charge is -2.31. The third-order valence-electron chi connectivity index (χ3n) is 6.97. The molecule has 36 heavy (non-hydrogen) atoms. The van der Waals surface area contributed by atoms with Crippen molar-refractivity contribution in [1.29, 1.82) is 0 Å². The minimum Gasteiger partial charge on any atom is -0.336 e. The Labute approximate surface area is 208 Å². The quantitative estimate of drug-likeness (QED) is 0.494. The number of benzene rings is 1. The van der Waals surface area contributed by atoms with E-state index in [2.05, 4.69) is 9.97 Å². The van der Waals surface area contributed by atoms with Crippen LogP contribution in [0.1, 0.15) is 61.4 Å². The highest BCUT2D eigenvalue weighted by atomic mass is 19.4. The third-order valence-corrected chi connectivity index (χ3v) is 6.97. The summed E-state index contributed by atoms with van der Waals surface area (Å²) in [5, 5.41) is 0.770. The van der Waals surface area contributed by atoms with Crippen LogP contribution < -0.4 is 5.49 Å². The summed E-state index contributed by atoms with van der Waals surface area (Å²) >= 11 is 0. The van der Waals surface area contributed by atoms with Gasteiger partial charge in [0.05, 0.1) is 29.0 Å². The molecule has 0 fully saturated rings. The Morgan fingerprint density at radius 2 is 1.97 bits per heavy atom. The number of carbonyl (C=O) groups excluding carboxylic acids is 1. The van der Waals surface area contributed by atoms with Gasteiger partial charge in [-0.1, -0.05) is 18.2 Å². The highest BCUT2D eigenvalue weighted by Crippen LogP contribution is 2.35. The molecule has 6 nitrogen and oxygen atoms in total. The fourth-order valence-electron chi connectivity index (χ4n) is 4.86. The number of halogens is 3. The van der Waals surface area contributed by atoms with Gasteiger partial charge in [-0.15, -0.1) is 0 Å². The molecule has 2 aromatic heterocycles. The molecule has 0 spiro atoms. The molecule has 1 amide bonds. The minimum absolute atomic E-state index is 0.0379. The fraction of sp³-hybridized carbons (Fsp3) is 0.407. The normalized spacial score (nSPS) is 17.9. The first-order chi connectivity index (χ1) is 16.9. The van der Waals surface area contributed by atoms with Crippen LogP contribution in [0.4, 0.5) is 13.2 Å². The molecule has 0 saturated heterocycles. The van der Waals surface area contributed by atoms with Crippen LogP contribution in [-0.2, 0) is 18.0 Å². The van der Waals surface area contributed by atoms with Gasteiger partial charge in [-0.05, 0) is 62.9 Å². The second kappa shape index (κ2) is 9.52. The molecule has 1 unspecified atom stereocenters. The summed E-state index contributed by atoms with van der Waals surface area (Å²) in [7, 11) is 1.89. The van der Waals surface area contributed by atoms with E-state index in [0.29, 0.717) is 29.8 Å². The van der Waals surface area contributed by atoms with Crippen LogP contribution in [0.25, 0.3) is 16.5 Å². The Morgan fingerprint density at radius 3 is 2.61 bits per heavy atom. The summed E-state index contributed by atoms with van der Waals surface area (Å²) in [6, 6.07) is 5.55. The van der Waals surface area contributed by atoms with Gasteiger partial charge in [0.1, 0.15) is 5.82 Å². The maximum atomic E-state index is 13.5. The van der Waals surface area contributed by atoms with E-state index in [1.165, 1.54) is 13.0 Å². The van der Waals surface area contributed by atoms with Gasteiger partial charge in [-0.3, -0.25) is 14.8 Å². The molecule has 4 rings (SSSR count). The fourth-order valence-corrected chi connectivity index (χ4v) is 4.86. The van der Waals surface area contributed by atoms with Crippen molar-refractivity contribution in [2.45, 2.75) is 59.3 Å². The number of aromatic nitrogens is 3. The molecule has 2 atom stereocenters. The molecule has 1 aliphatic heterocycles. The molecule has 1 aromatic carbocycles. The van der Waals surface area contributed by atoms with Gasteiger partial charge in [0.15, 0.2) is 5.49 Å². The Hall–Kier alpha value is -3.49. The molecule has 9 heteroatoms. The number of fused-ring (bicyclic) bond motifs is 1. The summed E-state index contributed by atoms with van der Waals surface area (Å²) in [5.41, 5.74) is 3.13. The first-order valence-corrected chi connectivity index (χ1v) is 11.9. The smallest absolute Gasteiger partial charge is 0.336 e. The second-order valence-electron chi connectivity index (χ2n) is 9.35. The molecule has 0 aliphatic carbocycles. The van der Waals surface area contributed by atoms with E-state index in [4.69, 9.17) is 4.99 Å². The van der Waals surface area contributed by atoms with Crippen molar-refractivity contribution in [3.63, 3.8) is 0 Å². The second-order valence-corrected chi connectivity index (χ2v) is 9.35. The Balaban J connectivity index is 1.84. The summed E-state index contributed by atoms with van der Waals surface area (Å²) in [6.45, 7) is 9.28. The van der Waals surface area contributed by atoms with E-state index in [9.17, 15) is 18.0 Å². The van der Waals surface area contributed by atoms with Crippen LogP contribution in [0.5, 0.6) is 0 Å². The number of carbonyl (C=O) groups is 1. The van der Waals surface area contributed by atoms with E-state index < -0.39 is 17.8 Å². The van der Waals surface area contributed by atoms with Crippen molar-refractivity contribution in [2.24, 2.45) is 12.0 Å². The van der Waals surface area contributed by atoms with Crippen LogP contribution in [0, 0.1) is 13.8 Å². The van der Waals surface area contributed by atoms with E-state index in [-0.39, 0.29) is 17.5 Å². The van der Waals surface area contributed by atoms with Gasteiger partial charge < -0.3 is 9.47 Å². The van der Waals surface area contributed by atoms with Crippen molar-refractivity contribution in [3.05, 3.63) is 70.2 Å². The molecule has 0 N–H and O–H groups in total. The van der Waals surface area contributed by atoms with Gasteiger partial charge in [0.25, 0.3) is 0 Å². The van der Waals surface area contributed by atoms with E-state index in [0.717, 1.165) is 28.2 Å². The zero-order valence-corrected chi connectivity index (χ0v) is 21.3. The number of nitrogens with zero attached hydrogens (tertiary/aromatic N) is 5. The van der Waals surface area contributed by atoms with Crippen molar-refractivity contribution < 1.29 is 18.0 Å². The lowest BCUT2D eigenvalue weighted by Crippen LogP contribution is -2.39. The van der Waals surface area contributed by atoms with Crippen molar-refractivity contribution in [1.82, 2.24) is 19.4 Å². The number of rotatable bonds is 3. The summed E-state index contributed by atoms with van der Waals surface area (Å²) < 4.78 is 42.3. The third kappa shape index (κ3) is 4.79. The monoisotopic (exact) mass is 497 g/mol. The predicted molar refractivity (Wildman–Crippen MR) is 133 cm³/mol. The van der Waals surface area contributed by atoms with Gasteiger partial charge in [-0.25, -0.2) is 4.98 Å². The molecule has 0 bridgehead atoms. The van der Waals surface area contributed by atoms with Crippen molar-refractivity contribution >= 4 is 22.4 Å². The SMILES string of the molecule is CC(=O)N1CCC(c2cc3/c(=N/C(C)c4cccc(C(F)(F)F)c4C)nc(C)n(C)c3cn2)=C[C@H]1C. The molecule has 3 aromatic rings. The van der Waals surface area contributed by atoms with E-state index in [1.54, 1.807) is 26.1 Å². The van der Waals surface area contributed by atoms with Crippen LogP contribution in [0.3, 0.4) is 0 Å². The number of amides is 1. The Bertz CT molecular complexity index is 1440. The van der Waals surface area contributed by atoms with Crippen LogP contribution in [0.2, 0.25) is 0 Å². The molecule has 0 saturated carbocycles. The maximum absolute atomic E-state index is 13.5. The lowest BCUT2D eigenvalue weighted by molar-refractivity contribution is -0.138. The van der Waals surface area contributed by atoms with Crippen LogP contribution in [0.15, 0.2) is 41.5 Å². The van der Waals surface area contributed by atoms with Gasteiger partial charge >= 0.3 is 6.18 Å². The minimum atomic E-state index is -4.43. The molecular weight excluding hydrogens is 467 g/mol. The zero-order valence-electron chi connectivity index (χ0n) is 21.3. The zero-order chi connectivity index (χ0) is 26.4. The van der Waals surface area contributed by atoms with E-state index >= 15 is 0 Å². The molecule has 1 aliphatic rings. The Kier molecular flexibility index (Phi) is 6.77. The highest BCUT2D eigenvalue weighted by Gasteiger charge is 2.33. The molecular formula is C27H30F3N5O. The summed E-state index contributed by atoms with van der Waals surface area (Å²) in [6.07, 6.45) is 0.0823. The Morgan fingerprint density at radius 1 is 1.25 bits per heavy atom. The molecule has 0 radical (unpaired) electrons. The summed E-state index contributed by atoms with van der Waals surface area (Å²) in [5.74, 6) is 0.752. The average molecular weight is 498 g/mol. The van der Waals surface area contributed by atoms with Crippen LogP contribution >= 0.6 is 0 Å². The average Bonchev–Trinajstić information content (AvgIpc) is 2.81. The first kappa shape index (κ1) is 25.6. The number of hydrogen-bond donors (Lipinski definition) is 0. The summed E-state index contributed by atoms with van der Waals surface area (Å²) in [4.78, 5) is 27.8. The largest absolute Gasteiger partial charge is 0.416 e. The standard InChI is InChI=1S/C27H30F3N5O/c1-15-12-20(10-11-35(15)19(5)36)24-13-22-25(14-31-24)34(6)18(4)33-26(22)32-17(3)21-8-7-9-23(16(21)2)27(28,29)30/h7-9,12-15,17H,10-11H2,1-6H3/b32-26-/t15-,17?/m1/s1. The van der Waals surface area contributed by atoms with Gasteiger partial charge in [0, 0.05) is 31.9 Å².